The summed E-state index contributed by atoms with van der Waals surface area (Å²) < 4.78 is 5.36. The lowest BCUT2D eigenvalue weighted by atomic mass is 10.0. The molecule has 2 rings (SSSR count). The molecule has 0 aliphatic carbocycles. The lowest BCUT2D eigenvalue weighted by Crippen LogP contribution is -2.39. The average Bonchev–Trinajstić information content (AvgIpc) is 2.80. The predicted molar refractivity (Wildman–Crippen MR) is 67.0 cm³/mol. The molecule has 7 heteroatoms. The molecular weight excluding hydrogens is 252 g/mol. The van der Waals surface area contributed by atoms with Crippen molar-refractivity contribution in [3.63, 3.8) is 0 Å². The van der Waals surface area contributed by atoms with Gasteiger partial charge in [0.05, 0.1) is 10.6 Å². The van der Waals surface area contributed by atoms with E-state index in [0.29, 0.717) is 13.0 Å². The molecule has 1 heterocycles. The molecule has 1 aromatic rings. The van der Waals surface area contributed by atoms with Crippen LogP contribution >= 0.6 is 0 Å². The largest absolute Gasteiger partial charge is 0.506 e. The Morgan fingerprint density at radius 3 is 2.89 bits per heavy atom. The van der Waals surface area contributed by atoms with Gasteiger partial charge in [0.1, 0.15) is 11.4 Å². The van der Waals surface area contributed by atoms with Gasteiger partial charge in [-0.25, -0.2) is 0 Å². The van der Waals surface area contributed by atoms with Crippen molar-refractivity contribution in [3.05, 3.63) is 28.3 Å². The van der Waals surface area contributed by atoms with Crippen LogP contribution < -0.4 is 5.32 Å². The number of hydrogen-bond acceptors (Lipinski definition) is 5. The van der Waals surface area contributed by atoms with Crippen molar-refractivity contribution in [2.24, 2.45) is 0 Å². The second kappa shape index (κ2) is 4.85. The van der Waals surface area contributed by atoms with E-state index in [-0.39, 0.29) is 17.1 Å². The van der Waals surface area contributed by atoms with E-state index in [0.717, 1.165) is 12.5 Å². The van der Waals surface area contributed by atoms with Gasteiger partial charge in [-0.1, -0.05) is 0 Å². The number of nitro groups is 1. The average molecular weight is 266 g/mol. The predicted octanol–water partition coefficient (Wildman–Crippen LogP) is 1.81. The van der Waals surface area contributed by atoms with Gasteiger partial charge in [-0.05, 0) is 25.8 Å². The molecule has 0 saturated carbocycles. The van der Waals surface area contributed by atoms with Crippen molar-refractivity contribution in [3.8, 4) is 5.75 Å². The molecule has 1 aliphatic heterocycles. The van der Waals surface area contributed by atoms with Gasteiger partial charge in [0.15, 0.2) is 0 Å². The summed E-state index contributed by atoms with van der Waals surface area (Å²) in [6.45, 7) is 2.16. The van der Waals surface area contributed by atoms with Crippen LogP contribution in [0, 0.1) is 10.1 Å². The Bertz CT molecular complexity index is 523. The molecule has 1 saturated heterocycles. The molecule has 1 atom stereocenters. The first-order valence-electron chi connectivity index (χ1n) is 5.85. The van der Waals surface area contributed by atoms with Crippen molar-refractivity contribution < 1.29 is 19.6 Å². The quantitative estimate of drug-likeness (QED) is 0.493. The Balaban J connectivity index is 2.20. The summed E-state index contributed by atoms with van der Waals surface area (Å²) >= 11 is 0. The number of rotatable bonds is 3. The van der Waals surface area contributed by atoms with Gasteiger partial charge in [0.25, 0.3) is 11.6 Å². The maximum atomic E-state index is 12.1. The minimum atomic E-state index is -0.947. The number of nitro benzene ring substituents is 1. The monoisotopic (exact) mass is 266 g/mol. The zero-order valence-corrected chi connectivity index (χ0v) is 10.4. The molecule has 0 spiro atoms. The second-order valence-corrected chi connectivity index (χ2v) is 4.60. The number of amides is 1. The van der Waals surface area contributed by atoms with E-state index in [1.807, 2.05) is 0 Å². The highest BCUT2D eigenvalue weighted by Crippen LogP contribution is 2.31. The molecule has 1 aliphatic rings. The van der Waals surface area contributed by atoms with Crippen molar-refractivity contribution in [2.45, 2.75) is 25.4 Å². The maximum absolute atomic E-state index is 12.1. The van der Waals surface area contributed by atoms with Gasteiger partial charge in [-0.3, -0.25) is 14.9 Å². The van der Waals surface area contributed by atoms with E-state index in [1.54, 1.807) is 6.92 Å². The molecule has 19 heavy (non-hydrogen) atoms. The first kappa shape index (κ1) is 13.3. The van der Waals surface area contributed by atoms with Crippen LogP contribution in [0.2, 0.25) is 0 Å². The van der Waals surface area contributed by atoms with Crippen molar-refractivity contribution in [1.29, 1.82) is 0 Å². The van der Waals surface area contributed by atoms with Crippen molar-refractivity contribution in [2.75, 3.05) is 11.9 Å². The summed E-state index contributed by atoms with van der Waals surface area (Å²) in [6.07, 6.45) is 1.36. The van der Waals surface area contributed by atoms with E-state index >= 15 is 0 Å². The summed E-state index contributed by atoms with van der Waals surface area (Å²) in [5.74, 6) is -0.638. The van der Waals surface area contributed by atoms with Crippen LogP contribution in [0.3, 0.4) is 0 Å². The fourth-order valence-electron chi connectivity index (χ4n) is 1.95. The third-order valence-electron chi connectivity index (χ3n) is 3.14. The SMILES string of the molecule is CC1(C(=O)Nc2cc([N+](=O)[O-])ccc2O)CCCO1. The highest BCUT2D eigenvalue weighted by Gasteiger charge is 2.38. The smallest absolute Gasteiger partial charge is 0.271 e. The number of benzene rings is 1. The molecule has 102 valence electrons. The number of phenolic OH excluding ortho intramolecular Hbond substituents is 1. The summed E-state index contributed by atoms with van der Waals surface area (Å²) in [7, 11) is 0. The number of hydrogen-bond donors (Lipinski definition) is 2. The van der Waals surface area contributed by atoms with E-state index in [2.05, 4.69) is 5.32 Å². The normalized spacial score (nSPS) is 22.2. The van der Waals surface area contributed by atoms with Crippen LogP contribution in [-0.2, 0) is 9.53 Å². The number of ether oxygens (including phenoxy) is 1. The third-order valence-corrected chi connectivity index (χ3v) is 3.14. The summed E-state index contributed by atoms with van der Waals surface area (Å²) in [5.41, 5.74) is -1.14. The Labute approximate surface area is 109 Å². The van der Waals surface area contributed by atoms with Gasteiger partial charge in [0, 0.05) is 18.7 Å². The molecule has 1 fully saturated rings. The molecule has 0 bridgehead atoms. The molecule has 2 N–H and O–H groups in total. The van der Waals surface area contributed by atoms with Crippen molar-refractivity contribution >= 4 is 17.3 Å². The first-order valence-corrected chi connectivity index (χ1v) is 5.85. The minimum absolute atomic E-state index is 0.0101. The molecule has 0 aromatic heterocycles. The Morgan fingerprint density at radius 1 is 1.58 bits per heavy atom. The number of carbonyl (C=O) groups is 1. The highest BCUT2D eigenvalue weighted by atomic mass is 16.6. The number of carbonyl (C=O) groups excluding carboxylic acids is 1. The van der Waals surface area contributed by atoms with E-state index < -0.39 is 16.4 Å². The van der Waals surface area contributed by atoms with E-state index in [1.165, 1.54) is 12.1 Å². The molecular formula is C12H14N2O5. The molecule has 1 amide bonds. The minimum Gasteiger partial charge on any atom is -0.506 e. The number of aromatic hydroxyl groups is 1. The van der Waals surface area contributed by atoms with Crippen LogP contribution in [0.4, 0.5) is 11.4 Å². The molecule has 1 aromatic carbocycles. The number of non-ortho nitro benzene ring substituents is 1. The topological polar surface area (TPSA) is 102 Å². The van der Waals surface area contributed by atoms with Crippen LogP contribution in [0.1, 0.15) is 19.8 Å². The summed E-state index contributed by atoms with van der Waals surface area (Å²) in [5, 5.41) is 22.7. The maximum Gasteiger partial charge on any atom is 0.271 e. The zero-order valence-electron chi connectivity index (χ0n) is 10.4. The fourth-order valence-corrected chi connectivity index (χ4v) is 1.95. The highest BCUT2D eigenvalue weighted by molar-refractivity contribution is 5.98. The molecule has 0 radical (unpaired) electrons. The second-order valence-electron chi connectivity index (χ2n) is 4.60. The Kier molecular flexibility index (Phi) is 3.39. The van der Waals surface area contributed by atoms with Gasteiger partial charge in [-0.2, -0.15) is 0 Å². The standard InChI is InChI=1S/C12H14N2O5/c1-12(5-2-6-19-12)11(16)13-9-7-8(14(17)18)3-4-10(9)15/h3-4,7,15H,2,5-6H2,1H3,(H,13,16). The van der Waals surface area contributed by atoms with E-state index in [9.17, 15) is 20.0 Å². The number of nitrogens with one attached hydrogen (secondary N) is 1. The summed E-state index contributed by atoms with van der Waals surface area (Å²) in [6, 6.07) is 3.45. The van der Waals surface area contributed by atoms with Crippen molar-refractivity contribution in [1.82, 2.24) is 0 Å². The number of phenols is 1. The molecule has 7 nitrogen and oxygen atoms in total. The van der Waals surface area contributed by atoms with Gasteiger partial charge < -0.3 is 15.2 Å². The van der Waals surface area contributed by atoms with Crippen LogP contribution in [-0.4, -0.2) is 28.1 Å². The van der Waals surface area contributed by atoms with Crippen LogP contribution in [0.5, 0.6) is 5.75 Å². The lowest BCUT2D eigenvalue weighted by Gasteiger charge is -2.22. The Hall–Kier alpha value is -2.15. The van der Waals surface area contributed by atoms with Gasteiger partial charge in [-0.15, -0.1) is 0 Å². The number of nitrogens with zero attached hydrogens (tertiary/aromatic N) is 1. The summed E-state index contributed by atoms with van der Waals surface area (Å²) in [4.78, 5) is 22.1. The zero-order chi connectivity index (χ0) is 14.0. The number of anilines is 1. The van der Waals surface area contributed by atoms with Crippen LogP contribution in [0.25, 0.3) is 0 Å². The first-order chi connectivity index (χ1) is 8.92. The third kappa shape index (κ3) is 2.65. The fraction of sp³-hybridized carbons (Fsp3) is 0.417. The van der Waals surface area contributed by atoms with E-state index in [4.69, 9.17) is 4.74 Å². The Morgan fingerprint density at radius 2 is 2.32 bits per heavy atom. The van der Waals surface area contributed by atoms with Gasteiger partial charge >= 0.3 is 0 Å². The van der Waals surface area contributed by atoms with Crippen LogP contribution in [0.15, 0.2) is 18.2 Å². The van der Waals surface area contributed by atoms with Gasteiger partial charge in [0.2, 0.25) is 0 Å². The molecule has 1 unspecified atom stereocenters. The lowest BCUT2D eigenvalue weighted by molar-refractivity contribution is -0.384.